The van der Waals surface area contributed by atoms with Crippen molar-refractivity contribution >= 4 is 5.97 Å². The van der Waals surface area contributed by atoms with Gasteiger partial charge in [0.05, 0.1) is 18.8 Å². The van der Waals surface area contributed by atoms with Crippen LogP contribution in [-0.4, -0.2) is 19.2 Å². The van der Waals surface area contributed by atoms with Gasteiger partial charge in [-0.05, 0) is 60.6 Å². The number of hydrogen-bond acceptors (Lipinski definition) is 3. The zero-order chi connectivity index (χ0) is 22.3. The van der Waals surface area contributed by atoms with E-state index in [9.17, 15) is 4.79 Å². The lowest BCUT2D eigenvalue weighted by Gasteiger charge is -2.10. The molecule has 31 heavy (non-hydrogen) atoms. The Bertz CT molecular complexity index is 762. The lowest BCUT2D eigenvalue weighted by Crippen LogP contribution is -2.11. The van der Waals surface area contributed by atoms with Crippen LogP contribution in [0.5, 0.6) is 5.75 Å². The van der Waals surface area contributed by atoms with Gasteiger partial charge in [-0.25, -0.2) is 4.79 Å². The Kier molecular flexibility index (Phi) is 11.5. The summed E-state index contributed by atoms with van der Waals surface area (Å²) >= 11 is 0. The molecule has 0 spiro atoms. The van der Waals surface area contributed by atoms with E-state index in [1.54, 1.807) is 0 Å². The predicted molar refractivity (Wildman–Crippen MR) is 130 cm³/mol. The van der Waals surface area contributed by atoms with E-state index in [0.717, 1.165) is 42.7 Å². The topological polar surface area (TPSA) is 35.5 Å². The maximum absolute atomic E-state index is 12.1. The van der Waals surface area contributed by atoms with Gasteiger partial charge in [0.2, 0.25) is 0 Å². The van der Waals surface area contributed by atoms with Crippen LogP contribution in [0.15, 0.2) is 61.2 Å². The van der Waals surface area contributed by atoms with Crippen LogP contribution in [0.4, 0.5) is 0 Å². The van der Waals surface area contributed by atoms with Crippen molar-refractivity contribution in [1.29, 1.82) is 0 Å². The van der Waals surface area contributed by atoms with Crippen LogP contribution in [-0.2, 0) is 4.74 Å². The fourth-order valence-corrected chi connectivity index (χ4v) is 3.25. The first kappa shape index (κ1) is 24.7. The second-order valence-corrected chi connectivity index (χ2v) is 8.26. The van der Waals surface area contributed by atoms with E-state index in [1.165, 1.54) is 32.1 Å². The molecule has 0 aliphatic heterocycles. The highest BCUT2D eigenvalue weighted by Gasteiger charge is 2.09. The van der Waals surface area contributed by atoms with E-state index in [4.69, 9.17) is 9.47 Å². The summed E-state index contributed by atoms with van der Waals surface area (Å²) in [5.41, 5.74) is 2.76. The molecule has 0 saturated carbocycles. The molecule has 2 rings (SSSR count). The largest absolute Gasteiger partial charge is 0.494 e. The molecule has 3 nitrogen and oxygen atoms in total. The highest BCUT2D eigenvalue weighted by atomic mass is 16.5. The maximum atomic E-state index is 12.1. The molecule has 0 amide bonds. The molecule has 1 unspecified atom stereocenters. The number of benzene rings is 2. The van der Waals surface area contributed by atoms with Crippen molar-refractivity contribution in [1.82, 2.24) is 0 Å². The van der Waals surface area contributed by atoms with Crippen molar-refractivity contribution in [3.05, 3.63) is 66.7 Å². The van der Waals surface area contributed by atoms with Gasteiger partial charge in [0, 0.05) is 0 Å². The summed E-state index contributed by atoms with van der Waals surface area (Å²) in [5, 5.41) is 0. The Balaban J connectivity index is 1.72. The van der Waals surface area contributed by atoms with Crippen LogP contribution in [0.1, 0.15) is 75.6 Å². The molecule has 2 aromatic rings. The van der Waals surface area contributed by atoms with Gasteiger partial charge in [-0.1, -0.05) is 76.3 Å². The van der Waals surface area contributed by atoms with Gasteiger partial charge in [0.15, 0.2) is 0 Å². The van der Waals surface area contributed by atoms with Crippen LogP contribution < -0.4 is 4.74 Å². The highest BCUT2D eigenvalue weighted by molar-refractivity contribution is 5.90. The van der Waals surface area contributed by atoms with Crippen LogP contribution >= 0.6 is 0 Å². The molecule has 0 saturated heterocycles. The summed E-state index contributed by atoms with van der Waals surface area (Å²) in [6, 6.07) is 15.7. The van der Waals surface area contributed by atoms with Gasteiger partial charge in [-0.3, -0.25) is 0 Å². The monoisotopic (exact) mass is 422 g/mol. The fraction of sp³-hybridized carbons (Fsp3) is 0.464. The number of ether oxygens (including phenoxy) is 2. The lowest BCUT2D eigenvalue weighted by atomic mass is 10.0. The van der Waals surface area contributed by atoms with Crippen molar-refractivity contribution in [2.45, 2.75) is 65.2 Å². The van der Waals surface area contributed by atoms with Gasteiger partial charge < -0.3 is 9.47 Å². The quantitative estimate of drug-likeness (QED) is 0.166. The molecule has 0 N–H and O–H groups in total. The normalized spacial score (nSPS) is 11.7. The van der Waals surface area contributed by atoms with Crippen LogP contribution in [0.3, 0.4) is 0 Å². The summed E-state index contributed by atoms with van der Waals surface area (Å²) in [6.45, 7) is 9.16. The van der Waals surface area contributed by atoms with Gasteiger partial charge in [0.25, 0.3) is 0 Å². The number of allylic oxidation sites excluding steroid dienone is 1. The minimum Gasteiger partial charge on any atom is -0.494 e. The molecule has 0 aromatic heterocycles. The molecule has 3 heteroatoms. The summed E-state index contributed by atoms with van der Waals surface area (Å²) in [6.07, 6.45) is 11.6. The number of rotatable bonds is 15. The number of unbranched alkanes of at least 4 members (excludes halogenated alkanes) is 6. The molecule has 2 aromatic carbocycles. The van der Waals surface area contributed by atoms with Crippen LogP contribution in [0.25, 0.3) is 11.1 Å². The molecule has 0 aliphatic rings. The molecule has 1 atom stereocenters. The smallest absolute Gasteiger partial charge is 0.338 e. The van der Waals surface area contributed by atoms with Crippen molar-refractivity contribution in [2.24, 2.45) is 5.92 Å². The van der Waals surface area contributed by atoms with Crippen molar-refractivity contribution < 1.29 is 14.3 Å². The van der Waals surface area contributed by atoms with Gasteiger partial charge in [0.1, 0.15) is 5.75 Å². The van der Waals surface area contributed by atoms with Gasteiger partial charge in [-0.2, -0.15) is 0 Å². The van der Waals surface area contributed by atoms with Gasteiger partial charge in [-0.15, -0.1) is 6.58 Å². The summed E-state index contributed by atoms with van der Waals surface area (Å²) < 4.78 is 11.2. The third kappa shape index (κ3) is 9.42. The molecular formula is C28H38O3. The van der Waals surface area contributed by atoms with E-state index in [0.29, 0.717) is 18.1 Å². The Morgan fingerprint density at radius 3 is 2.10 bits per heavy atom. The van der Waals surface area contributed by atoms with Crippen LogP contribution in [0, 0.1) is 5.92 Å². The average molecular weight is 423 g/mol. The molecular weight excluding hydrogens is 384 g/mol. The van der Waals surface area contributed by atoms with Gasteiger partial charge >= 0.3 is 5.97 Å². The minimum absolute atomic E-state index is 0.257. The standard InChI is InChI=1S/C28H38O3/c1-4-6-7-8-9-10-11-12-21-30-27-19-17-25(18-20-27)24-13-15-26(16-14-24)28(29)31-22-23(3)5-2/h4,13-20,23H,1,5-12,21-22H2,2-3H3. The molecule has 0 fully saturated rings. The second kappa shape index (κ2) is 14.5. The lowest BCUT2D eigenvalue weighted by molar-refractivity contribution is 0.0447. The van der Waals surface area contributed by atoms with Crippen molar-refractivity contribution in [2.75, 3.05) is 13.2 Å². The van der Waals surface area contributed by atoms with Crippen molar-refractivity contribution in [3.63, 3.8) is 0 Å². The Hall–Kier alpha value is -2.55. The summed E-state index contributed by atoms with van der Waals surface area (Å²) in [5.74, 6) is 1.03. The maximum Gasteiger partial charge on any atom is 0.338 e. The molecule has 0 aliphatic carbocycles. The van der Waals surface area contributed by atoms with E-state index in [-0.39, 0.29) is 5.97 Å². The fourth-order valence-electron chi connectivity index (χ4n) is 3.25. The molecule has 168 valence electrons. The minimum atomic E-state index is -0.257. The SMILES string of the molecule is C=CCCCCCCCCOc1ccc(-c2ccc(C(=O)OCC(C)CC)cc2)cc1. The third-order valence-corrected chi connectivity index (χ3v) is 5.58. The predicted octanol–water partition coefficient (Wildman–Crippen LogP) is 7.85. The highest BCUT2D eigenvalue weighted by Crippen LogP contribution is 2.23. The second-order valence-electron chi connectivity index (χ2n) is 8.26. The van der Waals surface area contributed by atoms with E-state index < -0.39 is 0 Å². The zero-order valence-corrected chi connectivity index (χ0v) is 19.3. The Morgan fingerprint density at radius 2 is 1.48 bits per heavy atom. The van der Waals surface area contributed by atoms with E-state index in [1.807, 2.05) is 42.5 Å². The third-order valence-electron chi connectivity index (χ3n) is 5.58. The number of carbonyl (C=O) groups excluding carboxylic acids is 1. The zero-order valence-electron chi connectivity index (χ0n) is 19.3. The van der Waals surface area contributed by atoms with Crippen molar-refractivity contribution in [3.8, 4) is 16.9 Å². The van der Waals surface area contributed by atoms with E-state index >= 15 is 0 Å². The Morgan fingerprint density at radius 1 is 0.903 bits per heavy atom. The van der Waals surface area contributed by atoms with Crippen LogP contribution in [0.2, 0.25) is 0 Å². The summed E-state index contributed by atoms with van der Waals surface area (Å²) in [4.78, 5) is 12.1. The average Bonchev–Trinajstić information content (AvgIpc) is 2.81. The Labute approximate surface area is 188 Å². The molecule has 0 heterocycles. The summed E-state index contributed by atoms with van der Waals surface area (Å²) in [7, 11) is 0. The number of esters is 1. The first-order valence-electron chi connectivity index (χ1n) is 11.7. The first-order valence-corrected chi connectivity index (χ1v) is 11.7. The first-order chi connectivity index (χ1) is 15.1. The molecule has 0 bridgehead atoms. The number of carbonyl (C=O) groups is 1. The van der Waals surface area contributed by atoms with E-state index in [2.05, 4.69) is 32.6 Å². The number of hydrogen-bond donors (Lipinski definition) is 0. The molecule has 0 radical (unpaired) electrons.